The lowest BCUT2D eigenvalue weighted by atomic mass is 10.1. The highest BCUT2D eigenvalue weighted by atomic mass is 16.6. The first kappa shape index (κ1) is 13.9. The fourth-order valence-electron chi connectivity index (χ4n) is 2.42. The van der Waals surface area contributed by atoms with Gasteiger partial charge in [0, 0.05) is 13.1 Å². The van der Waals surface area contributed by atoms with Gasteiger partial charge in [-0.1, -0.05) is 56.0 Å². The molecule has 1 heterocycles. The van der Waals surface area contributed by atoms with E-state index in [-0.39, 0.29) is 6.09 Å². The van der Waals surface area contributed by atoms with E-state index in [9.17, 15) is 4.79 Å². The smallest absolute Gasteiger partial charge is 0.410 e. The molecule has 0 aliphatic carbocycles. The highest BCUT2D eigenvalue weighted by Gasteiger charge is 2.15. The topological polar surface area (TPSA) is 29.5 Å². The van der Waals surface area contributed by atoms with Gasteiger partial charge in [-0.15, -0.1) is 0 Å². The maximum Gasteiger partial charge on any atom is 0.410 e. The van der Waals surface area contributed by atoms with Crippen LogP contribution in [-0.4, -0.2) is 24.1 Å². The molecule has 3 nitrogen and oxygen atoms in total. The first-order valence-corrected chi connectivity index (χ1v) is 7.32. The van der Waals surface area contributed by atoms with Gasteiger partial charge < -0.3 is 9.64 Å². The predicted molar refractivity (Wildman–Crippen MR) is 75.9 cm³/mol. The van der Waals surface area contributed by atoms with Crippen molar-refractivity contribution in [1.82, 2.24) is 4.90 Å². The van der Waals surface area contributed by atoms with Crippen molar-refractivity contribution in [3.8, 4) is 0 Å². The van der Waals surface area contributed by atoms with Crippen LogP contribution in [0.3, 0.4) is 0 Å². The minimum atomic E-state index is -0.161. The van der Waals surface area contributed by atoms with Crippen LogP contribution in [0.1, 0.15) is 44.1 Å². The Morgan fingerprint density at radius 2 is 1.53 bits per heavy atom. The molecular weight excluding hydrogens is 238 g/mol. The normalized spacial score (nSPS) is 17.2. The zero-order valence-electron chi connectivity index (χ0n) is 11.5. The van der Waals surface area contributed by atoms with E-state index in [1.165, 1.54) is 25.7 Å². The van der Waals surface area contributed by atoms with Crippen molar-refractivity contribution in [2.45, 2.75) is 45.1 Å². The van der Waals surface area contributed by atoms with Crippen molar-refractivity contribution in [3.05, 3.63) is 35.9 Å². The molecule has 0 aromatic heterocycles. The van der Waals surface area contributed by atoms with E-state index >= 15 is 0 Å². The predicted octanol–water partition coefficient (Wildman–Crippen LogP) is 3.98. The minimum Gasteiger partial charge on any atom is -0.445 e. The Labute approximate surface area is 115 Å². The second kappa shape index (κ2) is 7.82. The number of hydrogen-bond donors (Lipinski definition) is 0. The summed E-state index contributed by atoms with van der Waals surface area (Å²) >= 11 is 0. The maximum atomic E-state index is 12.1. The van der Waals surface area contributed by atoms with Gasteiger partial charge in [0.2, 0.25) is 0 Å². The lowest BCUT2D eigenvalue weighted by Crippen LogP contribution is -2.33. The molecule has 19 heavy (non-hydrogen) atoms. The van der Waals surface area contributed by atoms with E-state index in [4.69, 9.17) is 4.74 Å². The van der Waals surface area contributed by atoms with E-state index in [1.807, 2.05) is 35.2 Å². The number of rotatable bonds is 2. The maximum absolute atomic E-state index is 12.1. The third-order valence-electron chi connectivity index (χ3n) is 3.57. The van der Waals surface area contributed by atoms with Gasteiger partial charge >= 0.3 is 6.09 Å². The third kappa shape index (κ3) is 4.93. The standard InChI is InChI=1S/C16H23NO2/c18-16(19-14-15-10-6-5-7-11-15)17-12-8-3-1-2-4-9-13-17/h5-7,10-11H,1-4,8-9,12-14H2. The monoisotopic (exact) mass is 261 g/mol. The van der Waals surface area contributed by atoms with E-state index in [0.29, 0.717) is 6.61 Å². The Morgan fingerprint density at radius 1 is 0.947 bits per heavy atom. The molecule has 0 unspecified atom stereocenters. The van der Waals surface area contributed by atoms with Gasteiger partial charge in [-0.05, 0) is 18.4 Å². The van der Waals surface area contributed by atoms with Crippen molar-refractivity contribution in [3.63, 3.8) is 0 Å². The second-order valence-corrected chi connectivity index (χ2v) is 5.15. The molecule has 0 radical (unpaired) electrons. The van der Waals surface area contributed by atoms with E-state index in [0.717, 1.165) is 31.5 Å². The second-order valence-electron chi connectivity index (χ2n) is 5.15. The van der Waals surface area contributed by atoms with Crippen LogP contribution in [0, 0.1) is 0 Å². The van der Waals surface area contributed by atoms with Gasteiger partial charge in [0.05, 0.1) is 0 Å². The fraction of sp³-hybridized carbons (Fsp3) is 0.562. The van der Waals surface area contributed by atoms with Crippen molar-refractivity contribution in [2.75, 3.05) is 13.1 Å². The summed E-state index contributed by atoms with van der Waals surface area (Å²) in [6, 6.07) is 9.84. The molecule has 0 N–H and O–H groups in total. The molecule has 1 aliphatic rings. The molecule has 1 aliphatic heterocycles. The van der Waals surface area contributed by atoms with E-state index < -0.39 is 0 Å². The van der Waals surface area contributed by atoms with Crippen molar-refractivity contribution in [1.29, 1.82) is 0 Å². The molecule has 1 fully saturated rings. The molecule has 0 spiro atoms. The van der Waals surface area contributed by atoms with Gasteiger partial charge in [-0.2, -0.15) is 0 Å². The van der Waals surface area contributed by atoms with Gasteiger partial charge in [0.1, 0.15) is 6.61 Å². The Hall–Kier alpha value is -1.51. The summed E-state index contributed by atoms with van der Waals surface area (Å²) < 4.78 is 5.39. The molecule has 0 saturated carbocycles. The summed E-state index contributed by atoms with van der Waals surface area (Å²) in [6.07, 6.45) is 7.08. The first-order chi connectivity index (χ1) is 9.36. The summed E-state index contributed by atoms with van der Waals surface area (Å²) in [5.74, 6) is 0. The van der Waals surface area contributed by atoms with Crippen LogP contribution in [0.5, 0.6) is 0 Å². The summed E-state index contributed by atoms with van der Waals surface area (Å²) in [6.45, 7) is 2.05. The van der Waals surface area contributed by atoms with Crippen LogP contribution < -0.4 is 0 Å². The fourth-order valence-corrected chi connectivity index (χ4v) is 2.42. The Bertz CT molecular complexity index is 368. The van der Waals surface area contributed by atoms with Gasteiger partial charge in [-0.3, -0.25) is 0 Å². The average molecular weight is 261 g/mol. The summed E-state index contributed by atoms with van der Waals surface area (Å²) in [5.41, 5.74) is 1.04. The number of nitrogens with zero attached hydrogens (tertiary/aromatic N) is 1. The highest BCUT2D eigenvalue weighted by molar-refractivity contribution is 5.67. The minimum absolute atomic E-state index is 0.161. The van der Waals surface area contributed by atoms with E-state index in [1.54, 1.807) is 0 Å². The Morgan fingerprint density at radius 3 is 2.16 bits per heavy atom. The van der Waals surface area contributed by atoms with Crippen LogP contribution in [0.2, 0.25) is 0 Å². The lowest BCUT2D eigenvalue weighted by molar-refractivity contribution is 0.0955. The van der Waals surface area contributed by atoms with E-state index in [2.05, 4.69) is 0 Å². The number of benzene rings is 1. The number of carbonyl (C=O) groups is 1. The van der Waals surface area contributed by atoms with Crippen LogP contribution in [0.4, 0.5) is 4.79 Å². The molecule has 3 heteroatoms. The number of hydrogen-bond acceptors (Lipinski definition) is 2. The molecule has 104 valence electrons. The van der Waals surface area contributed by atoms with Gasteiger partial charge in [0.15, 0.2) is 0 Å². The average Bonchev–Trinajstić information content (AvgIpc) is 2.59. The zero-order valence-corrected chi connectivity index (χ0v) is 11.5. The molecule has 1 amide bonds. The number of ether oxygens (including phenoxy) is 1. The zero-order chi connectivity index (χ0) is 13.3. The highest BCUT2D eigenvalue weighted by Crippen LogP contribution is 2.12. The van der Waals surface area contributed by atoms with Crippen LogP contribution in [0.15, 0.2) is 30.3 Å². The first-order valence-electron chi connectivity index (χ1n) is 7.32. The lowest BCUT2D eigenvalue weighted by Gasteiger charge is -2.21. The largest absolute Gasteiger partial charge is 0.445 e. The number of carbonyl (C=O) groups excluding carboxylic acids is 1. The Balaban J connectivity index is 1.80. The van der Waals surface area contributed by atoms with Gasteiger partial charge in [-0.25, -0.2) is 4.79 Å². The van der Waals surface area contributed by atoms with Crippen molar-refractivity contribution in [2.24, 2.45) is 0 Å². The van der Waals surface area contributed by atoms with Crippen molar-refractivity contribution >= 4 is 6.09 Å². The molecule has 1 saturated heterocycles. The molecule has 1 aromatic rings. The van der Waals surface area contributed by atoms with Crippen molar-refractivity contribution < 1.29 is 9.53 Å². The quantitative estimate of drug-likeness (QED) is 0.806. The number of amides is 1. The molecule has 0 bridgehead atoms. The van der Waals surface area contributed by atoms with Gasteiger partial charge in [0.25, 0.3) is 0 Å². The van der Waals surface area contributed by atoms with Crippen LogP contribution >= 0.6 is 0 Å². The third-order valence-corrected chi connectivity index (χ3v) is 3.57. The van der Waals surface area contributed by atoms with Crippen LogP contribution in [0.25, 0.3) is 0 Å². The summed E-state index contributed by atoms with van der Waals surface area (Å²) in [7, 11) is 0. The SMILES string of the molecule is O=C(OCc1ccccc1)N1CCCCCCCC1. The summed E-state index contributed by atoms with van der Waals surface area (Å²) in [5, 5.41) is 0. The molecule has 0 atom stereocenters. The molecular formula is C16H23NO2. The summed E-state index contributed by atoms with van der Waals surface area (Å²) in [4.78, 5) is 13.9. The molecule has 2 rings (SSSR count). The van der Waals surface area contributed by atoms with Crippen LogP contribution in [-0.2, 0) is 11.3 Å². The Kier molecular flexibility index (Phi) is 5.73. The molecule has 1 aromatic carbocycles.